The fourth-order valence-corrected chi connectivity index (χ4v) is 4.43. The van der Waals surface area contributed by atoms with Gasteiger partial charge in [-0.3, -0.25) is 4.79 Å². The van der Waals surface area contributed by atoms with Crippen LogP contribution in [0, 0.1) is 0 Å². The number of hydrogen-bond donors (Lipinski definition) is 1. The largest absolute Gasteiger partial charge is 0.387 e. The van der Waals surface area contributed by atoms with Gasteiger partial charge in [-0.2, -0.15) is 0 Å². The van der Waals surface area contributed by atoms with Crippen LogP contribution >= 0.6 is 0 Å². The van der Waals surface area contributed by atoms with Gasteiger partial charge in [-0.1, -0.05) is 103 Å². The number of carbonyl (C=O) groups is 1. The summed E-state index contributed by atoms with van der Waals surface area (Å²) in [6.07, 6.45) is -2.71. The second kappa shape index (κ2) is 11.3. The number of aliphatic hydroxyl groups excluding tert-OH is 1. The third-order valence-corrected chi connectivity index (χ3v) is 6.43. The van der Waals surface area contributed by atoms with Crippen LogP contribution in [0.5, 0.6) is 0 Å². The van der Waals surface area contributed by atoms with E-state index in [0.29, 0.717) is 6.61 Å². The molecule has 1 heterocycles. The molecule has 5 heteroatoms. The van der Waals surface area contributed by atoms with Gasteiger partial charge in [0.2, 0.25) is 0 Å². The molecule has 1 fully saturated rings. The molecule has 5 nitrogen and oxygen atoms in total. The van der Waals surface area contributed by atoms with E-state index in [1.165, 1.54) is 0 Å². The monoisotopic (exact) mass is 479 g/mol. The van der Waals surface area contributed by atoms with E-state index in [0.717, 1.165) is 27.9 Å². The zero-order valence-corrected chi connectivity index (χ0v) is 19.9. The van der Waals surface area contributed by atoms with Gasteiger partial charge in [0.1, 0.15) is 12.2 Å². The van der Waals surface area contributed by atoms with Crippen LogP contribution < -0.4 is 4.90 Å². The molecule has 4 aromatic rings. The Balaban J connectivity index is 1.37. The first-order valence-corrected chi connectivity index (χ1v) is 12.1. The number of aliphatic hydroxyl groups is 1. The molecule has 0 spiro atoms. The smallest absolute Gasteiger partial charge is 0.259 e. The van der Waals surface area contributed by atoms with E-state index in [1.807, 2.05) is 103 Å². The summed E-state index contributed by atoms with van der Waals surface area (Å²) in [5.41, 5.74) is 4.86. The number of ether oxygens (including phenoxy) is 2. The number of piperidine rings is 1. The van der Waals surface area contributed by atoms with E-state index in [1.54, 1.807) is 4.90 Å². The minimum atomic E-state index is -1.08. The van der Waals surface area contributed by atoms with Crippen molar-refractivity contribution in [3.8, 4) is 11.1 Å². The molecule has 182 valence electrons. The lowest BCUT2D eigenvalue weighted by molar-refractivity contribution is -0.160. The predicted octanol–water partition coefficient (Wildman–Crippen LogP) is 5.23. The second-order valence-electron chi connectivity index (χ2n) is 8.90. The van der Waals surface area contributed by atoms with Gasteiger partial charge in [0.05, 0.1) is 19.8 Å². The lowest BCUT2D eigenvalue weighted by Crippen LogP contribution is -2.60. The standard InChI is InChI=1S/C31H29NO4/c33-29-28(35-21-23-10-4-1-5-11-23)20-32(31(34)30(29)36-22-24-12-6-2-7-13-24)27-18-16-26(17-19-27)25-14-8-3-9-15-25/h1-19,28-30,33H,20-22H2/t28-,29+,30+/m0/s1. The van der Waals surface area contributed by atoms with E-state index in [4.69, 9.17) is 9.47 Å². The minimum Gasteiger partial charge on any atom is -0.387 e. The molecule has 3 atom stereocenters. The van der Waals surface area contributed by atoms with E-state index in [2.05, 4.69) is 12.1 Å². The Bertz CT molecular complexity index is 1250. The zero-order chi connectivity index (χ0) is 24.7. The Labute approximate surface area is 211 Å². The average Bonchev–Trinajstić information content (AvgIpc) is 2.94. The number of hydrogen-bond acceptors (Lipinski definition) is 4. The van der Waals surface area contributed by atoms with Crippen molar-refractivity contribution in [2.45, 2.75) is 31.5 Å². The summed E-state index contributed by atoms with van der Waals surface area (Å²) < 4.78 is 12.1. The van der Waals surface area contributed by atoms with Crippen LogP contribution in [0.3, 0.4) is 0 Å². The number of anilines is 1. The number of carbonyl (C=O) groups excluding carboxylic acids is 1. The third-order valence-electron chi connectivity index (χ3n) is 6.43. The summed E-state index contributed by atoms with van der Waals surface area (Å²) in [6, 6.07) is 37.4. The highest BCUT2D eigenvalue weighted by molar-refractivity contribution is 5.98. The molecule has 1 amide bonds. The molecule has 36 heavy (non-hydrogen) atoms. The highest BCUT2D eigenvalue weighted by Gasteiger charge is 2.44. The fraction of sp³-hybridized carbons (Fsp3) is 0.194. The summed E-state index contributed by atoms with van der Waals surface area (Å²) in [5, 5.41) is 11.1. The van der Waals surface area contributed by atoms with Crippen LogP contribution in [-0.4, -0.2) is 35.9 Å². The molecule has 0 saturated carbocycles. The van der Waals surface area contributed by atoms with Crippen LogP contribution in [0.15, 0.2) is 115 Å². The third kappa shape index (κ3) is 5.55. The van der Waals surface area contributed by atoms with Gasteiger partial charge in [0.25, 0.3) is 5.91 Å². The second-order valence-corrected chi connectivity index (χ2v) is 8.90. The molecule has 4 aromatic carbocycles. The topological polar surface area (TPSA) is 59.0 Å². The maximum atomic E-state index is 13.5. The quantitative estimate of drug-likeness (QED) is 0.376. The molecule has 1 aliphatic rings. The van der Waals surface area contributed by atoms with Gasteiger partial charge in [-0.25, -0.2) is 0 Å². The maximum Gasteiger partial charge on any atom is 0.259 e. The Kier molecular flexibility index (Phi) is 7.52. The van der Waals surface area contributed by atoms with Gasteiger partial charge < -0.3 is 19.5 Å². The van der Waals surface area contributed by atoms with Crippen molar-refractivity contribution in [3.05, 3.63) is 126 Å². The number of rotatable bonds is 8. The fourth-order valence-electron chi connectivity index (χ4n) is 4.43. The van der Waals surface area contributed by atoms with Gasteiger partial charge in [0, 0.05) is 5.69 Å². The lowest BCUT2D eigenvalue weighted by atomic mass is 9.99. The molecule has 1 N–H and O–H groups in total. The lowest BCUT2D eigenvalue weighted by Gasteiger charge is -2.40. The molecule has 0 radical (unpaired) electrons. The van der Waals surface area contributed by atoms with Crippen molar-refractivity contribution >= 4 is 11.6 Å². The van der Waals surface area contributed by atoms with Gasteiger partial charge in [0.15, 0.2) is 6.10 Å². The molecule has 0 bridgehead atoms. The van der Waals surface area contributed by atoms with Crippen molar-refractivity contribution in [2.75, 3.05) is 11.4 Å². The highest BCUT2D eigenvalue weighted by atomic mass is 16.5. The SMILES string of the molecule is O=C1[C@H](OCc2ccccc2)[C@H](O)[C@@H](OCc2ccccc2)CN1c1ccc(-c2ccccc2)cc1. The Morgan fingerprint density at radius 2 is 1.17 bits per heavy atom. The Hall–Kier alpha value is -3.77. The van der Waals surface area contributed by atoms with Crippen LogP contribution in [0.1, 0.15) is 11.1 Å². The van der Waals surface area contributed by atoms with Crippen molar-refractivity contribution in [1.82, 2.24) is 0 Å². The molecule has 0 unspecified atom stereocenters. The predicted molar refractivity (Wildman–Crippen MR) is 140 cm³/mol. The van der Waals surface area contributed by atoms with Crippen molar-refractivity contribution < 1.29 is 19.4 Å². The molecule has 1 saturated heterocycles. The first-order valence-electron chi connectivity index (χ1n) is 12.1. The Morgan fingerprint density at radius 1 is 0.667 bits per heavy atom. The first-order chi connectivity index (χ1) is 17.7. The molecule has 0 aliphatic carbocycles. The summed E-state index contributed by atoms with van der Waals surface area (Å²) in [7, 11) is 0. The summed E-state index contributed by atoms with van der Waals surface area (Å²) in [6.45, 7) is 0.798. The highest BCUT2D eigenvalue weighted by Crippen LogP contribution is 2.28. The summed E-state index contributed by atoms with van der Waals surface area (Å²) >= 11 is 0. The molecular weight excluding hydrogens is 450 g/mol. The van der Waals surface area contributed by atoms with Crippen molar-refractivity contribution in [3.63, 3.8) is 0 Å². The van der Waals surface area contributed by atoms with E-state index in [9.17, 15) is 9.90 Å². The molecule has 1 aliphatic heterocycles. The number of amides is 1. The number of benzene rings is 4. The average molecular weight is 480 g/mol. The number of nitrogens with zero attached hydrogens (tertiary/aromatic N) is 1. The first kappa shape index (κ1) is 23.9. The van der Waals surface area contributed by atoms with Crippen molar-refractivity contribution in [1.29, 1.82) is 0 Å². The van der Waals surface area contributed by atoms with Gasteiger partial charge in [-0.05, 0) is 34.4 Å². The molecule has 0 aromatic heterocycles. The Morgan fingerprint density at radius 3 is 1.75 bits per heavy atom. The molecule has 5 rings (SSSR count). The van der Waals surface area contributed by atoms with Crippen molar-refractivity contribution in [2.24, 2.45) is 0 Å². The van der Waals surface area contributed by atoms with Crippen LogP contribution in [-0.2, 0) is 27.5 Å². The zero-order valence-electron chi connectivity index (χ0n) is 19.9. The van der Waals surface area contributed by atoms with Gasteiger partial charge in [-0.15, -0.1) is 0 Å². The van der Waals surface area contributed by atoms with E-state index < -0.39 is 18.3 Å². The normalized spacial score (nSPS) is 19.9. The minimum absolute atomic E-state index is 0.223. The van der Waals surface area contributed by atoms with Crippen LogP contribution in [0.4, 0.5) is 5.69 Å². The summed E-state index contributed by atoms with van der Waals surface area (Å²) in [5.74, 6) is -0.273. The van der Waals surface area contributed by atoms with E-state index in [-0.39, 0.29) is 19.1 Å². The van der Waals surface area contributed by atoms with Crippen LogP contribution in [0.25, 0.3) is 11.1 Å². The molecular formula is C31H29NO4. The van der Waals surface area contributed by atoms with E-state index >= 15 is 0 Å². The summed E-state index contributed by atoms with van der Waals surface area (Å²) in [4.78, 5) is 15.2. The van der Waals surface area contributed by atoms with Gasteiger partial charge >= 0.3 is 0 Å². The van der Waals surface area contributed by atoms with Crippen LogP contribution in [0.2, 0.25) is 0 Å². The maximum absolute atomic E-state index is 13.5.